The zero-order valence-electron chi connectivity index (χ0n) is 22.9. The minimum absolute atomic E-state index is 0.0237. The van der Waals surface area contributed by atoms with Crippen LogP contribution in [-0.2, 0) is 23.5 Å². The summed E-state index contributed by atoms with van der Waals surface area (Å²) >= 11 is -2.70. The number of rotatable bonds is 5. The van der Waals surface area contributed by atoms with Gasteiger partial charge < -0.3 is 0 Å². The van der Waals surface area contributed by atoms with E-state index in [4.69, 9.17) is 2.51 Å². The van der Waals surface area contributed by atoms with Crippen LogP contribution in [0.1, 0.15) is 92.7 Å². The molecule has 0 radical (unpaired) electrons. The van der Waals surface area contributed by atoms with Gasteiger partial charge in [0, 0.05) is 0 Å². The standard InChI is InChI=1S/C30H43IO3S/c1-27(2,3)21-10-14-24(15-11-21)31(25-16-12-22(13-17-25)28(4,5)6)34-35(32,33)26-20-23-18-19-30(26,9)29(23,7)8/h10-17,23,26H,18-20H2,1-9H3. The van der Waals surface area contributed by atoms with Crippen LogP contribution >= 0.6 is 20.2 Å². The third-order valence-electron chi connectivity index (χ3n) is 9.03. The molecule has 2 aliphatic carbocycles. The van der Waals surface area contributed by atoms with E-state index in [1.165, 1.54) is 11.1 Å². The number of fused-ring (bicyclic) bond motifs is 2. The first-order valence-corrected chi connectivity index (χ1v) is 17.3. The molecule has 2 fully saturated rings. The van der Waals surface area contributed by atoms with Crippen molar-refractivity contribution < 1.29 is 10.9 Å². The predicted molar refractivity (Wildman–Crippen MR) is 155 cm³/mol. The van der Waals surface area contributed by atoms with Crippen LogP contribution in [0.5, 0.6) is 0 Å². The van der Waals surface area contributed by atoms with Gasteiger partial charge in [0.15, 0.2) is 0 Å². The van der Waals surface area contributed by atoms with Gasteiger partial charge >= 0.3 is 222 Å². The Kier molecular flexibility index (Phi) is 6.85. The zero-order chi connectivity index (χ0) is 26.0. The molecule has 194 valence electrons. The summed E-state index contributed by atoms with van der Waals surface area (Å²) in [6.45, 7) is 19.9. The van der Waals surface area contributed by atoms with Crippen molar-refractivity contribution in [2.24, 2.45) is 16.7 Å². The first-order valence-electron chi connectivity index (χ1n) is 12.8. The zero-order valence-corrected chi connectivity index (χ0v) is 25.9. The molecule has 2 aliphatic rings. The van der Waals surface area contributed by atoms with E-state index in [2.05, 4.69) is 111 Å². The molecule has 2 bridgehead atoms. The second-order valence-corrected chi connectivity index (χ2v) is 20.1. The van der Waals surface area contributed by atoms with Gasteiger partial charge in [-0.15, -0.1) is 0 Å². The Morgan fingerprint density at radius 2 is 1.23 bits per heavy atom. The van der Waals surface area contributed by atoms with E-state index in [9.17, 15) is 8.42 Å². The van der Waals surface area contributed by atoms with E-state index >= 15 is 0 Å². The SMILES string of the molecule is CC(C)(C)c1ccc(I(OS(=O)(=O)C2CC3CCC2(C)C3(C)C)c2ccc(C(C)(C)C)cc2)cc1. The predicted octanol–water partition coefficient (Wildman–Crippen LogP) is 8.30. The normalized spacial score (nSPS) is 26.7. The van der Waals surface area contributed by atoms with Gasteiger partial charge in [-0.1, -0.05) is 0 Å². The average Bonchev–Trinajstić information content (AvgIpc) is 3.10. The van der Waals surface area contributed by atoms with Gasteiger partial charge in [0.05, 0.1) is 0 Å². The minimum atomic E-state index is -3.72. The molecule has 5 heteroatoms. The Hall–Kier alpha value is -0.920. The molecule has 2 aromatic rings. The van der Waals surface area contributed by atoms with Crippen molar-refractivity contribution in [3.63, 3.8) is 0 Å². The van der Waals surface area contributed by atoms with Crippen molar-refractivity contribution in [3.8, 4) is 0 Å². The van der Waals surface area contributed by atoms with E-state index < -0.39 is 35.6 Å². The maximum atomic E-state index is 13.9. The van der Waals surface area contributed by atoms with Crippen LogP contribution in [0.4, 0.5) is 0 Å². The van der Waals surface area contributed by atoms with E-state index in [0.717, 1.165) is 26.4 Å². The van der Waals surface area contributed by atoms with Crippen molar-refractivity contribution in [3.05, 3.63) is 66.8 Å². The monoisotopic (exact) mass is 610 g/mol. The summed E-state index contributed by atoms with van der Waals surface area (Å²) in [4.78, 5) is 0. The quantitative estimate of drug-likeness (QED) is 0.320. The molecule has 35 heavy (non-hydrogen) atoms. The Labute approximate surface area is 221 Å². The number of hydrogen-bond acceptors (Lipinski definition) is 3. The molecule has 0 amide bonds. The Morgan fingerprint density at radius 1 is 0.800 bits per heavy atom. The molecule has 3 atom stereocenters. The molecular weight excluding hydrogens is 567 g/mol. The molecule has 0 spiro atoms. The van der Waals surface area contributed by atoms with Crippen LogP contribution < -0.4 is 0 Å². The molecule has 3 nitrogen and oxygen atoms in total. The van der Waals surface area contributed by atoms with Crippen LogP contribution in [0.25, 0.3) is 0 Å². The van der Waals surface area contributed by atoms with Gasteiger partial charge in [0.1, 0.15) is 0 Å². The molecule has 0 aromatic heterocycles. The summed E-state index contributed by atoms with van der Waals surface area (Å²) in [6.07, 6.45) is 2.81. The van der Waals surface area contributed by atoms with Crippen molar-refractivity contribution >= 4 is 30.4 Å². The summed E-state index contributed by atoms with van der Waals surface area (Å²) in [7, 11) is -3.72. The third kappa shape index (κ3) is 4.86. The van der Waals surface area contributed by atoms with Crippen molar-refractivity contribution in [2.45, 2.75) is 97.7 Å². The fourth-order valence-electron chi connectivity index (χ4n) is 6.03. The molecule has 2 aromatic carbocycles. The molecule has 0 saturated heterocycles. The number of hydrogen-bond donors (Lipinski definition) is 0. The molecular formula is C30H43IO3S. The topological polar surface area (TPSA) is 43.4 Å². The van der Waals surface area contributed by atoms with Gasteiger partial charge in [0.2, 0.25) is 0 Å². The van der Waals surface area contributed by atoms with Crippen LogP contribution in [-0.4, -0.2) is 13.7 Å². The van der Waals surface area contributed by atoms with E-state index in [1.807, 2.05) is 0 Å². The summed E-state index contributed by atoms with van der Waals surface area (Å²) < 4.78 is 36.3. The summed E-state index contributed by atoms with van der Waals surface area (Å²) in [5.41, 5.74) is 2.36. The summed E-state index contributed by atoms with van der Waals surface area (Å²) in [5.74, 6) is 0.454. The molecule has 4 rings (SSSR count). The summed E-state index contributed by atoms with van der Waals surface area (Å²) in [6, 6.07) is 17.0. The van der Waals surface area contributed by atoms with Crippen molar-refractivity contribution in [1.82, 2.24) is 0 Å². The van der Waals surface area contributed by atoms with Crippen LogP contribution in [0.2, 0.25) is 0 Å². The second kappa shape index (κ2) is 8.83. The fourth-order valence-corrected chi connectivity index (χ4v) is 14.2. The summed E-state index contributed by atoms with van der Waals surface area (Å²) in [5, 5.41) is -0.425. The third-order valence-corrected chi connectivity index (χ3v) is 17.0. The van der Waals surface area contributed by atoms with E-state index in [-0.39, 0.29) is 21.7 Å². The number of halogens is 1. The Morgan fingerprint density at radius 3 is 1.54 bits per heavy atom. The van der Waals surface area contributed by atoms with E-state index in [1.54, 1.807) is 0 Å². The average molecular weight is 611 g/mol. The molecule has 0 N–H and O–H groups in total. The van der Waals surface area contributed by atoms with Gasteiger partial charge in [-0.25, -0.2) is 0 Å². The number of benzene rings is 2. The van der Waals surface area contributed by atoms with Gasteiger partial charge in [-0.2, -0.15) is 0 Å². The Balaban J connectivity index is 1.72. The van der Waals surface area contributed by atoms with Crippen LogP contribution in [0.3, 0.4) is 0 Å². The molecule has 0 aliphatic heterocycles. The Bertz CT molecular complexity index is 1110. The van der Waals surface area contributed by atoms with Crippen LogP contribution in [0.15, 0.2) is 48.5 Å². The fraction of sp³-hybridized carbons (Fsp3) is 0.600. The maximum absolute atomic E-state index is 13.9. The molecule has 2 saturated carbocycles. The first-order chi connectivity index (χ1) is 16.0. The van der Waals surface area contributed by atoms with E-state index in [0.29, 0.717) is 5.92 Å². The van der Waals surface area contributed by atoms with Crippen molar-refractivity contribution in [2.75, 3.05) is 0 Å². The van der Waals surface area contributed by atoms with Gasteiger partial charge in [0.25, 0.3) is 0 Å². The molecule has 0 heterocycles. The van der Waals surface area contributed by atoms with Crippen molar-refractivity contribution in [1.29, 1.82) is 0 Å². The van der Waals surface area contributed by atoms with Gasteiger partial charge in [-0.05, 0) is 0 Å². The first kappa shape index (κ1) is 27.1. The second-order valence-electron chi connectivity index (χ2n) is 13.4. The van der Waals surface area contributed by atoms with Gasteiger partial charge in [-0.3, -0.25) is 0 Å². The molecule has 3 unspecified atom stereocenters. The van der Waals surface area contributed by atoms with Crippen LogP contribution in [0, 0.1) is 23.9 Å².